The van der Waals surface area contributed by atoms with Crippen molar-refractivity contribution in [2.24, 2.45) is 0 Å². The molecule has 0 aliphatic rings. The van der Waals surface area contributed by atoms with Crippen LogP contribution in [0.25, 0.3) is 0 Å². The van der Waals surface area contributed by atoms with Crippen molar-refractivity contribution in [1.29, 1.82) is 0 Å². The molecule has 0 radical (unpaired) electrons. The van der Waals surface area contributed by atoms with Gasteiger partial charge in [0.2, 0.25) is 0 Å². The molecule has 1 aromatic rings. The molecule has 0 fully saturated rings. The maximum atomic E-state index is 11.1. The summed E-state index contributed by atoms with van der Waals surface area (Å²) in [6.07, 6.45) is 0. The zero-order valence-electron chi connectivity index (χ0n) is 8.56. The van der Waals surface area contributed by atoms with E-state index in [0.29, 0.717) is 5.69 Å². The van der Waals surface area contributed by atoms with Gasteiger partial charge in [0, 0.05) is 10.6 Å². The van der Waals surface area contributed by atoms with Crippen molar-refractivity contribution in [2.75, 3.05) is 11.8 Å². The van der Waals surface area contributed by atoms with Crippen LogP contribution in [0.1, 0.15) is 6.93 Å². The van der Waals surface area contributed by atoms with E-state index in [9.17, 15) is 14.9 Å². The van der Waals surface area contributed by atoms with Crippen molar-refractivity contribution in [2.45, 2.75) is 6.92 Å². The van der Waals surface area contributed by atoms with Crippen molar-refractivity contribution in [1.82, 2.24) is 0 Å². The standard InChI is InChI=1S/C9H10N2O3/c1-7-2-4-8(5-3-7)10-9(12)6-11(13)14/h2-5H,6H2,1H3,(H,10,12)/i6T. The van der Waals surface area contributed by atoms with Gasteiger partial charge in [-0.05, 0) is 19.1 Å². The lowest BCUT2D eigenvalue weighted by Crippen LogP contribution is -2.21. The first-order valence-corrected chi connectivity index (χ1v) is 3.94. The van der Waals surface area contributed by atoms with Crippen LogP contribution in [0.15, 0.2) is 24.3 Å². The molecule has 74 valence electrons. The normalized spacial score (nSPS) is 12.8. The highest BCUT2D eigenvalue weighted by Gasteiger charge is 2.08. The molecule has 0 aliphatic heterocycles. The number of benzene rings is 1. The minimum atomic E-state index is -1.98. The van der Waals surface area contributed by atoms with E-state index in [4.69, 9.17) is 1.37 Å². The predicted octanol–water partition coefficient (Wildman–Crippen LogP) is 1.21. The van der Waals surface area contributed by atoms with E-state index in [1.54, 1.807) is 24.3 Å². The minimum Gasteiger partial charge on any atom is -0.320 e. The second-order valence-corrected chi connectivity index (χ2v) is 2.77. The van der Waals surface area contributed by atoms with Crippen LogP contribution in [0.5, 0.6) is 0 Å². The molecule has 0 saturated carbocycles. The van der Waals surface area contributed by atoms with E-state index in [1.807, 2.05) is 6.92 Å². The highest BCUT2D eigenvalue weighted by molar-refractivity contribution is 5.91. The minimum absolute atomic E-state index is 0.449. The molecule has 1 atom stereocenters. The van der Waals surface area contributed by atoms with Gasteiger partial charge in [-0.25, -0.2) is 0 Å². The first-order valence-electron chi connectivity index (χ1n) is 4.51. The van der Waals surface area contributed by atoms with Gasteiger partial charge in [-0.15, -0.1) is 0 Å². The van der Waals surface area contributed by atoms with Gasteiger partial charge in [0.1, 0.15) is 1.37 Å². The number of nitrogens with zero attached hydrogens (tertiary/aromatic N) is 1. The SMILES string of the molecule is [3H]C(C(=O)Nc1ccc(C)cc1)[N+](=O)[O-]. The summed E-state index contributed by atoms with van der Waals surface area (Å²) in [6.45, 7) is -0.0954. The van der Waals surface area contributed by atoms with Crippen LogP contribution in [0.4, 0.5) is 5.69 Å². The summed E-state index contributed by atoms with van der Waals surface area (Å²) in [4.78, 5) is 20.3. The quantitative estimate of drug-likeness (QED) is 0.583. The van der Waals surface area contributed by atoms with Crippen molar-refractivity contribution < 1.29 is 11.1 Å². The molecule has 1 rings (SSSR count). The Kier molecular flexibility index (Phi) is 2.70. The monoisotopic (exact) mass is 196 g/mol. The van der Waals surface area contributed by atoms with Crippen molar-refractivity contribution in [3.63, 3.8) is 0 Å². The Morgan fingerprint density at radius 3 is 2.64 bits per heavy atom. The Balaban J connectivity index is 2.66. The molecule has 1 unspecified atom stereocenters. The third-order valence-corrected chi connectivity index (χ3v) is 1.54. The van der Waals surface area contributed by atoms with Crippen LogP contribution < -0.4 is 5.32 Å². The second-order valence-electron chi connectivity index (χ2n) is 2.77. The van der Waals surface area contributed by atoms with Crippen molar-refractivity contribution in [3.8, 4) is 0 Å². The average Bonchev–Trinajstić information content (AvgIpc) is 2.20. The highest BCUT2D eigenvalue weighted by atomic mass is 16.6. The number of amides is 1. The first kappa shape index (κ1) is 8.68. The van der Waals surface area contributed by atoms with E-state index >= 15 is 0 Å². The van der Waals surface area contributed by atoms with Crippen LogP contribution in [0, 0.1) is 17.0 Å². The van der Waals surface area contributed by atoms with Gasteiger partial charge in [-0.2, -0.15) is 0 Å². The molecule has 5 heteroatoms. The molecule has 1 aromatic carbocycles. The molecule has 1 N–H and O–H groups in total. The summed E-state index contributed by atoms with van der Waals surface area (Å²) in [5.74, 6) is -0.941. The largest absolute Gasteiger partial charge is 0.320 e. The van der Waals surface area contributed by atoms with Crippen molar-refractivity contribution >= 4 is 11.6 Å². The van der Waals surface area contributed by atoms with Gasteiger partial charge >= 0.3 is 0 Å². The summed E-state index contributed by atoms with van der Waals surface area (Å²) < 4.78 is 6.91. The predicted molar refractivity (Wildman–Crippen MR) is 51.7 cm³/mol. The Bertz CT molecular complexity index is 377. The maximum Gasteiger partial charge on any atom is 0.296 e. The summed E-state index contributed by atoms with van der Waals surface area (Å²) >= 11 is 0. The zero-order valence-corrected chi connectivity index (χ0v) is 7.56. The molecular weight excluding hydrogens is 184 g/mol. The average molecular weight is 196 g/mol. The van der Waals surface area contributed by atoms with Crippen LogP contribution >= 0.6 is 0 Å². The molecule has 1 amide bonds. The van der Waals surface area contributed by atoms with Crippen LogP contribution in [0.2, 0.25) is 0 Å². The molecule has 0 heterocycles. The van der Waals surface area contributed by atoms with Crippen molar-refractivity contribution in [3.05, 3.63) is 39.9 Å². The molecular formula is C9H10N2O3. The number of carbonyl (C=O) groups excluding carboxylic acids is 1. The summed E-state index contributed by atoms with van der Waals surface area (Å²) in [5.41, 5.74) is 1.47. The molecule has 0 aromatic heterocycles. The first-order chi connectivity index (χ1) is 7.00. The number of hydrogen-bond donors (Lipinski definition) is 1. The number of carbonyl (C=O) groups is 1. The summed E-state index contributed by atoms with van der Waals surface area (Å²) in [6, 6.07) is 6.78. The van der Waals surface area contributed by atoms with Gasteiger partial charge in [-0.3, -0.25) is 14.9 Å². The van der Waals surface area contributed by atoms with Crippen LogP contribution in [-0.4, -0.2) is 17.4 Å². The number of nitrogens with one attached hydrogen (secondary N) is 1. The third kappa shape index (κ3) is 3.22. The maximum absolute atomic E-state index is 11.1. The molecule has 14 heavy (non-hydrogen) atoms. The Morgan fingerprint density at radius 1 is 1.57 bits per heavy atom. The fourth-order valence-electron chi connectivity index (χ4n) is 0.907. The topological polar surface area (TPSA) is 72.2 Å². The summed E-state index contributed by atoms with van der Waals surface area (Å²) in [7, 11) is 0. The Morgan fingerprint density at radius 2 is 2.14 bits per heavy atom. The van der Waals surface area contributed by atoms with Gasteiger partial charge in [0.15, 0.2) is 0 Å². The zero-order chi connectivity index (χ0) is 11.4. The van der Waals surface area contributed by atoms with E-state index in [1.165, 1.54) is 0 Å². The Labute approximate surface area is 82.3 Å². The molecule has 0 aliphatic carbocycles. The third-order valence-electron chi connectivity index (χ3n) is 1.54. The molecule has 0 bridgehead atoms. The number of rotatable bonds is 3. The molecule has 0 spiro atoms. The fourth-order valence-corrected chi connectivity index (χ4v) is 0.907. The molecule has 0 saturated heterocycles. The lowest BCUT2D eigenvalue weighted by molar-refractivity contribution is -0.467. The number of nitro groups is 1. The van der Waals surface area contributed by atoms with E-state index < -0.39 is 17.4 Å². The lowest BCUT2D eigenvalue weighted by atomic mass is 10.2. The smallest absolute Gasteiger partial charge is 0.296 e. The van der Waals surface area contributed by atoms with Crippen LogP contribution in [-0.2, 0) is 4.79 Å². The lowest BCUT2D eigenvalue weighted by Gasteiger charge is -2.01. The fraction of sp³-hybridized carbons (Fsp3) is 0.222. The van der Waals surface area contributed by atoms with Gasteiger partial charge in [-0.1, -0.05) is 17.7 Å². The van der Waals surface area contributed by atoms with Crippen LogP contribution in [0.3, 0.4) is 0 Å². The number of aryl methyl sites for hydroxylation is 1. The molecule has 5 nitrogen and oxygen atoms in total. The number of hydrogen-bond acceptors (Lipinski definition) is 3. The van der Waals surface area contributed by atoms with Gasteiger partial charge in [0.05, 0.1) is 0 Å². The van der Waals surface area contributed by atoms with Gasteiger partial charge in [0.25, 0.3) is 12.4 Å². The Hall–Kier alpha value is -1.91. The van der Waals surface area contributed by atoms with E-state index in [0.717, 1.165) is 5.56 Å². The van der Waals surface area contributed by atoms with Gasteiger partial charge < -0.3 is 5.32 Å². The second kappa shape index (κ2) is 4.36. The summed E-state index contributed by atoms with van der Waals surface area (Å²) in [5, 5.41) is 12.4. The number of anilines is 1. The van der Waals surface area contributed by atoms with E-state index in [-0.39, 0.29) is 0 Å². The van der Waals surface area contributed by atoms with E-state index in [2.05, 4.69) is 5.32 Å². The highest BCUT2D eigenvalue weighted by Crippen LogP contribution is 2.07.